The Kier molecular flexibility index (Phi) is 3.26. The highest BCUT2D eigenvalue weighted by atomic mass is 79.9. The maximum atomic E-state index is 6.00. The quantitative estimate of drug-likeness (QED) is 0.799. The standard InChI is InChI=1S/C11H15BrN2O/c1-7-6-9(13)10(14-11(7)12)8-2-4-15-5-3-8/h6,8H,2-5,13H2,1H3. The van der Waals surface area contributed by atoms with Crippen LogP contribution in [0, 0.1) is 6.92 Å². The van der Waals surface area contributed by atoms with Crippen LogP contribution in [0.5, 0.6) is 0 Å². The number of ether oxygens (including phenoxy) is 1. The first kappa shape index (κ1) is 10.9. The van der Waals surface area contributed by atoms with Crippen molar-refractivity contribution in [2.24, 2.45) is 0 Å². The van der Waals surface area contributed by atoms with Gasteiger partial charge in [0.25, 0.3) is 0 Å². The lowest BCUT2D eigenvalue weighted by atomic mass is 9.94. The van der Waals surface area contributed by atoms with Crippen LogP contribution in [0.4, 0.5) is 5.69 Å². The molecule has 1 aliphatic rings. The van der Waals surface area contributed by atoms with Crippen molar-refractivity contribution in [3.63, 3.8) is 0 Å². The van der Waals surface area contributed by atoms with E-state index in [0.717, 1.165) is 47.6 Å². The topological polar surface area (TPSA) is 48.1 Å². The molecule has 0 amide bonds. The van der Waals surface area contributed by atoms with Gasteiger partial charge in [-0.25, -0.2) is 4.98 Å². The zero-order chi connectivity index (χ0) is 10.8. The molecule has 0 radical (unpaired) electrons. The van der Waals surface area contributed by atoms with E-state index in [9.17, 15) is 0 Å². The predicted octanol–water partition coefficient (Wildman–Crippen LogP) is 2.63. The molecule has 0 unspecified atom stereocenters. The summed E-state index contributed by atoms with van der Waals surface area (Å²) in [5, 5.41) is 0. The summed E-state index contributed by atoms with van der Waals surface area (Å²) in [4.78, 5) is 4.53. The molecule has 0 atom stereocenters. The minimum absolute atomic E-state index is 0.454. The van der Waals surface area contributed by atoms with Crippen molar-refractivity contribution in [1.29, 1.82) is 0 Å². The number of hydrogen-bond acceptors (Lipinski definition) is 3. The van der Waals surface area contributed by atoms with Crippen LogP contribution in [0.2, 0.25) is 0 Å². The van der Waals surface area contributed by atoms with E-state index in [4.69, 9.17) is 10.5 Å². The molecule has 82 valence electrons. The van der Waals surface area contributed by atoms with Crippen molar-refractivity contribution >= 4 is 21.6 Å². The van der Waals surface area contributed by atoms with Gasteiger partial charge in [-0.3, -0.25) is 0 Å². The first-order chi connectivity index (χ1) is 7.18. The number of nitrogens with two attached hydrogens (primary N) is 1. The van der Waals surface area contributed by atoms with E-state index in [1.807, 2.05) is 13.0 Å². The van der Waals surface area contributed by atoms with Crippen LogP contribution in [0.25, 0.3) is 0 Å². The van der Waals surface area contributed by atoms with Crippen molar-refractivity contribution in [3.05, 3.63) is 21.9 Å². The van der Waals surface area contributed by atoms with Gasteiger partial charge in [-0.15, -0.1) is 0 Å². The summed E-state index contributed by atoms with van der Waals surface area (Å²) in [5.41, 5.74) is 8.92. The van der Waals surface area contributed by atoms with E-state index in [0.29, 0.717) is 5.92 Å². The number of hydrogen-bond donors (Lipinski definition) is 1. The lowest BCUT2D eigenvalue weighted by molar-refractivity contribution is 0.0846. The number of rotatable bonds is 1. The number of pyridine rings is 1. The third kappa shape index (κ3) is 2.32. The van der Waals surface area contributed by atoms with Gasteiger partial charge in [0.1, 0.15) is 4.60 Å². The average Bonchev–Trinajstić information content (AvgIpc) is 2.25. The highest BCUT2D eigenvalue weighted by Gasteiger charge is 2.20. The smallest absolute Gasteiger partial charge is 0.109 e. The van der Waals surface area contributed by atoms with E-state index >= 15 is 0 Å². The van der Waals surface area contributed by atoms with Crippen molar-refractivity contribution in [2.45, 2.75) is 25.7 Å². The second kappa shape index (κ2) is 4.49. The van der Waals surface area contributed by atoms with Crippen molar-refractivity contribution in [1.82, 2.24) is 4.98 Å². The van der Waals surface area contributed by atoms with Crippen LogP contribution in [-0.2, 0) is 4.74 Å². The SMILES string of the molecule is Cc1cc(N)c(C2CCOCC2)nc1Br. The van der Waals surface area contributed by atoms with Crippen LogP contribution >= 0.6 is 15.9 Å². The maximum Gasteiger partial charge on any atom is 0.109 e. The van der Waals surface area contributed by atoms with E-state index in [2.05, 4.69) is 20.9 Å². The Hall–Kier alpha value is -0.610. The summed E-state index contributed by atoms with van der Waals surface area (Å²) in [6, 6.07) is 1.99. The largest absolute Gasteiger partial charge is 0.397 e. The summed E-state index contributed by atoms with van der Waals surface area (Å²) in [6.07, 6.45) is 2.04. The molecule has 1 aliphatic heterocycles. The minimum atomic E-state index is 0.454. The van der Waals surface area contributed by atoms with Gasteiger partial charge in [0.05, 0.1) is 11.4 Å². The number of aromatic nitrogens is 1. The Bertz CT molecular complexity index is 362. The van der Waals surface area contributed by atoms with Crippen LogP contribution in [-0.4, -0.2) is 18.2 Å². The van der Waals surface area contributed by atoms with E-state index in [1.54, 1.807) is 0 Å². The highest BCUT2D eigenvalue weighted by Crippen LogP contribution is 2.31. The maximum absolute atomic E-state index is 6.00. The van der Waals surface area contributed by atoms with Crippen LogP contribution < -0.4 is 5.73 Å². The van der Waals surface area contributed by atoms with Gasteiger partial charge in [0, 0.05) is 19.1 Å². The first-order valence-corrected chi connectivity index (χ1v) is 5.98. The first-order valence-electron chi connectivity index (χ1n) is 5.18. The molecule has 1 saturated heterocycles. The Morgan fingerprint density at radius 3 is 2.80 bits per heavy atom. The molecule has 3 nitrogen and oxygen atoms in total. The van der Waals surface area contributed by atoms with Gasteiger partial charge in [-0.05, 0) is 47.3 Å². The van der Waals surface area contributed by atoms with Gasteiger partial charge in [0.15, 0.2) is 0 Å². The zero-order valence-corrected chi connectivity index (χ0v) is 10.4. The van der Waals surface area contributed by atoms with E-state index in [1.165, 1.54) is 0 Å². The third-order valence-corrected chi connectivity index (χ3v) is 3.62. The molecule has 2 rings (SSSR count). The zero-order valence-electron chi connectivity index (χ0n) is 8.79. The molecule has 0 bridgehead atoms. The second-order valence-corrected chi connectivity index (χ2v) is 4.71. The Labute approximate surface area is 98.2 Å². The van der Waals surface area contributed by atoms with E-state index in [-0.39, 0.29) is 0 Å². The van der Waals surface area contributed by atoms with Crippen molar-refractivity contribution < 1.29 is 4.74 Å². The molecule has 0 spiro atoms. The van der Waals surface area contributed by atoms with Gasteiger partial charge in [0.2, 0.25) is 0 Å². The number of aryl methyl sites for hydroxylation is 1. The monoisotopic (exact) mass is 270 g/mol. The van der Waals surface area contributed by atoms with Crippen molar-refractivity contribution in [2.75, 3.05) is 18.9 Å². The molecule has 0 aromatic carbocycles. The van der Waals surface area contributed by atoms with Crippen LogP contribution in [0.1, 0.15) is 30.0 Å². The molecule has 1 aromatic heterocycles. The van der Waals surface area contributed by atoms with Crippen molar-refractivity contribution in [3.8, 4) is 0 Å². The fourth-order valence-electron chi connectivity index (χ4n) is 1.92. The van der Waals surface area contributed by atoms with Gasteiger partial charge in [-0.1, -0.05) is 0 Å². The second-order valence-electron chi connectivity index (χ2n) is 3.96. The number of nitrogens with zero attached hydrogens (tertiary/aromatic N) is 1. The molecule has 1 fully saturated rings. The third-order valence-electron chi connectivity index (χ3n) is 2.82. The lowest BCUT2D eigenvalue weighted by Crippen LogP contribution is -2.16. The minimum Gasteiger partial charge on any atom is -0.397 e. The molecule has 1 aromatic rings. The number of nitrogen functional groups attached to an aromatic ring is 1. The van der Waals surface area contributed by atoms with Crippen LogP contribution in [0.15, 0.2) is 10.7 Å². The summed E-state index contributed by atoms with van der Waals surface area (Å²) >= 11 is 3.45. The summed E-state index contributed by atoms with van der Waals surface area (Å²) in [5.74, 6) is 0.454. The molecule has 15 heavy (non-hydrogen) atoms. The molecular formula is C11H15BrN2O. The molecule has 2 heterocycles. The number of halogens is 1. The normalized spacial score (nSPS) is 18.0. The Balaban J connectivity index is 2.30. The predicted molar refractivity (Wildman–Crippen MR) is 63.9 cm³/mol. The van der Waals surface area contributed by atoms with Gasteiger partial charge in [-0.2, -0.15) is 0 Å². The summed E-state index contributed by atoms with van der Waals surface area (Å²) < 4.78 is 6.24. The fourth-order valence-corrected chi connectivity index (χ4v) is 2.23. The fraction of sp³-hybridized carbons (Fsp3) is 0.545. The molecular weight excluding hydrogens is 256 g/mol. The Morgan fingerprint density at radius 1 is 1.47 bits per heavy atom. The van der Waals surface area contributed by atoms with Crippen LogP contribution in [0.3, 0.4) is 0 Å². The summed E-state index contributed by atoms with van der Waals surface area (Å²) in [7, 11) is 0. The van der Waals surface area contributed by atoms with Gasteiger partial charge >= 0.3 is 0 Å². The van der Waals surface area contributed by atoms with Gasteiger partial charge < -0.3 is 10.5 Å². The highest BCUT2D eigenvalue weighted by molar-refractivity contribution is 9.10. The van der Waals surface area contributed by atoms with E-state index < -0.39 is 0 Å². The molecule has 2 N–H and O–H groups in total. The molecule has 0 aliphatic carbocycles. The molecule has 4 heteroatoms. The Morgan fingerprint density at radius 2 is 2.13 bits per heavy atom. The summed E-state index contributed by atoms with van der Waals surface area (Å²) in [6.45, 7) is 3.63. The average molecular weight is 271 g/mol. The number of anilines is 1. The lowest BCUT2D eigenvalue weighted by Gasteiger charge is -2.23. The molecule has 0 saturated carbocycles.